The zero-order valence-electron chi connectivity index (χ0n) is 12.9. The Balaban J connectivity index is 2.11. The summed E-state index contributed by atoms with van der Waals surface area (Å²) in [4.78, 5) is 11.9. The molecule has 2 N–H and O–H groups in total. The average molecular weight is 297 g/mol. The third-order valence-corrected chi connectivity index (χ3v) is 3.34. The molecule has 0 saturated carbocycles. The van der Waals surface area contributed by atoms with Crippen molar-refractivity contribution >= 4 is 17.7 Å². The van der Waals surface area contributed by atoms with E-state index in [1.807, 2.05) is 26.0 Å². The van der Waals surface area contributed by atoms with Crippen molar-refractivity contribution in [3.63, 3.8) is 0 Å². The van der Waals surface area contributed by atoms with Crippen LogP contribution in [0.25, 0.3) is 6.08 Å². The van der Waals surface area contributed by atoms with Crippen LogP contribution in [0.1, 0.15) is 16.7 Å². The molecule has 0 spiro atoms. The van der Waals surface area contributed by atoms with Gasteiger partial charge in [0.05, 0.1) is 7.11 Å². The molecule has 0 bridgehead atoms. The molecule has 0 radical (unpaired) electrons. The highest BCUT2D eigenvalue weighted by Crippen LogP contribution is 2.22. The van der Waals surface area contributed by atoms with Crippen molar-refractivity contribution in [2.24, 2.45) is 0 Å². The number of carbonyl (C=O) groups excluding carboxylic acids is 1. The summed E-state index contributed by atoms with van der Waals surface area (Å²) < 4.78 is 5.22. The van der Waals surface area contributed by atoms with Gasteiger partial charge in [0.25, 0.3) is 0 Å². The number of aromatic hydroxyl groups is 1. The van der Waals surface area contributed by atoms with E-state index in [9.17, 15) is 9.90 Å². The Bertz CT molecular complexity index is 680. The van der Waals surface area contributed by atoms with E-state index >= 15 is 0 Å². The number of ether oxygens (including phenoxy) is 1. The molecule has 0 heterocycles. The third-order valence-electron chi connectivity index (χ3n) is 3.34. The maximum Gasteiger partial charge on any atom is 0.248 e. The number of rotatable bonds is 4. The average Bonchev–Trinajstić information content (AvgIpc) is 2.48. The van der Waals surface area contributed by atoms with E-state index in [1.165, 1.54) is 18.2 Å². The molecular formula is C18H19NO3. The van der Waals surface area contributed by atoms with Crippen LogP contribution in [0.4, 0.5) is 5.69 Å². The van der Waals surface area contributed by atoms with Gasteiger partial charge < -0.3 is 15.2 Å². The number of carbonyl (C=O) groups is 1. The fraction of sp³-hybridized carbons (Fsp3) is 0.167. The minimum Gasteiger partial charge on any atom is -0.508 e. The van der Waals surface area contributed by atoms with E-state index in [0.29, 0.717) is 5.69 Å². The van der Waals surface area contributed by atoms with Gasteiger partial charge in [-0.2, -0.15) is 0 Å². The van der Waals surface area contributed by atoms with Gasteiger partial charge in [-0.3, -0.25) is 4.79 Å². The van der Waals surface area contributed by atoms with Crippen molar-refractivity contribution in [3.8, 4) is 11.5 Å². The molecular weight excluding hydrogens is 278 g/mol. The first-order valence-electron chi connectivity index (χ1n) is 6.93. The summed E-state index contributed by atoms with van der Waals surface area (Å²) in [6, 6.07) is 10.2. The van der Waals surface area contributed by atoms with Gasteiger partial charge in [0.15, 0.2) is 0 Å². The summed E-state index contributed by atoms with van der Waals surface area (Å²) in [5, 5.41) is 11.9. The number of hydrogen-bond acceptors (Lipinski definition) is 3. The molecule has 0 atom stereocenters. The Morgan fingerprint density at radius 3 is 2.27 bits per heavy atom. The van der Waals surface area contributed by atoms with Crippen molar-refractivity contribution < 1.29 is 14.6 Å². The molecule has 0 aliphatic carbocycles. The molecule has 2 aromatic rings. The smallest absolute Gasteiger partial charge is 0.248 e. The molecule has 2 rings (SSSR count). The summed E-state index contributed by atoms with van der Waals surface area (Å²) in [6.07, 6.45) is 3.29. The van der Waals surface area contributed by atoms with Gasteiger partial charge in [-0.05, 0) is 73.0 Å². The quantitative estimate of drug-likeness (QED) is 0.668. The van der Waals surface area contributed by atoms with Crippen LogP contribution in [0.15, 0.2) is 42.5 Å². The molecule has 22 heavy (non-hydrogen) atoms. The number of methoxy groups -OCH3 is 1. The van der Waals surface area contributed by atoms with Crippen molar-refractivity contribution in [2.75, 3.05) is 12.4 Å². The lowest BCUT2D eigenvalue weighted by molar-refractivity contribution is -0.111. The molecule has 0 aliphatic rings. The molecule has 0 unspecified atom stereocenters. The Labute approximate surface area is 130 Å². The highest BCUT2D eigenvalue weighted by atomic mass is 16.5. The van der Waals surface area contributed by atoms with Crippen molar-refractivity contribution in [3.05, 3.63) is 59.2 Å². The second-order valence-corrected chi connectivity index (χ2v) is 5.04. The minimum absolute atomic E-state index is 0.165. The highest BCUT2D eigenvalue weighted by molar-refractivity contribution is 6.02. The summed E-state index contributed by atoms with van der Waals surface area (Å²) in [7, 11) is 1.63. The van der Waals surface area contributed by atoms with Gasteiger partial charge in [0.1, 0.15) is 11.5 Å². The molecule has 0 aliphatic heterocycles. The number of benzene rings is 2. The van der Waals surface area contributed by atoms with Gasteiger partial charge in [0, 0.05) is 11.8 Å². The Morgan fingerprint density at radius 1 is 1.14 bits per heavy atom. The molecule has 1 amide bonds. The maximum atomic E-state index is 11.9. The van der Waals surface area contributed by atoms with Gasteiger partial charge in [0.2, 0.25) is 5.91 Å². The van der Waals surface area contributed by atoms with Crippen LogP contribution in [0.2, 0.25) is 0 Å². The molecule has 2 aromatic carbocycles. The topological polar surface area (TPSA) is 58.6 Å². The van der Waals surface area contributed by atoms with Gasteiger partial charge in [-0.1, -0.05) is 0 Å². The monoisotopic (exact) mass is 297 g/mol. The standard InChI is InChI=1S/C18H19NO3/c1-12-10-16(22-3)11-13(2)17(12)8-9-18(21)19-14-4-6-15(20)7-5-14/h4-11,20H,1-3H3,(H,19,21)/b9-8+. The van der Waals surface area contributed by atoms with Crippen molar-refractivity contribution in [1.82, 2.24) is 0 Å². The van der Waals surface area contributed by atoms with E-state index < -0.39 is 0 Å². The van der Waals surface area contributed by atoms with E-state index in [2.05, 4.69) is 5.32 Å². The third kappa shape index (κ3) is 3.88. The van der Waals surface area contributed by atoms with E-state index in [4.69, 9.17) is 4.74 Å². The Kier molecular flexibility index (Phi) is 4.84. The summed E-state index contributed by atoms with van der Waals surface area (Å²) in [5.74, 6) is 0.749. The van der Waals surface area contributed by atoms with E-state index in [-0.39, 0.29) is 11.7 Å². The largest absolute Gasteiger partial charge is 0.508 e. The number of aryl methyl sites for hydroxylation is 2. The minimum atomic E-state index is -0.222. The lowest BCUT2D eigenvalue weighted by atomic mass is 10.0. The van der Waals surface area contributed by atoms with Crippen LogP contribution in [0.5, 0.6) is 11.5 Å². The number of nitrogens with one attached hydrogen (secondary N) is 1. The maximum absolute atomic E-state index is 11.9. The highest BCUT2D eigenvalue weighted by Gasteiger charge is 2.04. The summed E-state index contributed by atoms with van der Waals surface area (Å²) >= 11 is 0. The number of phenols is 1. The normalized spacial score (nSPS) is 10.7. The predicted molar refractivity (Wildman–Crippen MR) is 88.2 cm³/mol. The number of amides is 1. The molecule has 0 saturated heterocycles. The molecule has 0 fully saturated rings. The lowest BCUT2D eigenvalue weighted by Crippen LogP contribution is -2.07. The summed E-state index contributed by atoms with van der Waals surface area (Å²) in [6.45, 7) is 3.96. The molecule has 4 nitrogen and oxygen atoms in total. The predicted octanol–water partition coefficient (Wildman–Crippen LogP) is 3.67. The first-order valence-corrected chi connectivity index (χ1v) is 6.93. The first-order chi connectivity index (χ1) is 10.5. The van der Waals surface area contributed by atoms with Crippen LogP contribution in [-0.4, -0.2) is 18.1 Å². The fourth-order valence-corrected chi connectivity index (χ4v) is 2.20. The van der Waals surface area contributed by atoms with Crippen molar-refractivity contribution in [2.45, 2.75) is 13.8 Å². The van der Waals surface area contributed by atoms with Gasteiger partial charge in [-0.15, -0.1) is 0 Å². The molecule has 114 valence electrons. The lowest BCUT2D eigenvalue weighted by Gasteiger charge is -2.09. The number of anilines is 1. The van der Waals surface area contributed by atoms with Crippen LogP contribution in [0.3, 0.4) is 0 Å². The van der Waals surface area contributed by atoms with Crippen molar-refractivity contribution in [1.29, 1.82) is 0 Å². The van der Waals surface area contributed by atoms with Crippen LogP contribution in [-0.2, 0) is 4.79 Å². The van der Waals surface area contributed by atoms with Crippen LogP contribution >= 0.6 is 0 Å². The Morgan fingerprint density at radius 2 is 1.73 bits per heavy atom. The molecule has 0 aromatic heterocycles. The van der Waals surface area contributed by atoms with Crippen LogP contribution in [0, 0.1) is 13.8 Å². The SMILES string of the molecule is COc1cc(C)c(/C=C/C(=O)Nc2ccc(O)cc2)c(C)c1. The first kappa shape index (κ1) is 15.6. The van der Waals surface area contributed by atoms with Crippen LogP contribution < -0.4 is 10.1 Å². The molecule has 4 heteroatoms. The van der Waals surface area contributed by atoms with E-state index in [1.54, 1.807) is 25.3 Å². The van der Waals surface area contributed by atoms with Gasteiger partial charge >= 0.3 is 0 Å². The second-order valence-electron chi connectivity index (χ2n) is 5.04. The Hall–Kier alpha value is -2.75. The zero-order chi connectivity index (χ0) is 16.1. The summed E-state index contributed by atoms with van der Waals surface area (Å²) in [5.41, 5.74) is 3.73. The number of hydrogen-bond donors (Lipinski definition) is 2. The zero-order valence-corrected chi connectivity index (χ0v) is 12.9. The second kappa shape index (κ2) is 6.80. The van der Waals surface area contributed by atoms with E-state index in [0.717, 1.165) is 22.4 Å². The van der Waals surface area contributed by atoms with Gasteiger partial charge in [-0.25, -0.2) is 0 Å². The fourth-order valence-electron chi connectivity index (χ4n) is 2.20. The number of phenolic OH excluding ortho intramolecular Hbond substituents is 1.